The van der Waals surface area contributed by atoms with Crippen molar-refractivity contribution in [2.75, 3.05) is 19.4 Å². The Bertz CT molecular complexity index is 1310. The third kappa shape index (κ3) is 5.88. The zero-order chi connectivity index (χ0) is 29.8. The number of carbonyl (C=O) groups is 1. The van der Waals surface area contributed by atoms with Crippen LogP contribution in [0.5, 0.6) is 5.75 Å². The molecule has 0 radical (unpaired) electrons. The van der Waals surface area contributed by atoms with Gasteiger partial charge in [0.25, 0.3) is 0 Å². The maximum atomic E-state index is 13.5. The maximum Gasteiger partial charge on any atom is 0.416 e. The summed E-state index contributed by atoms with van der Waals surface area (Å²) >= 11 is 0. The summed E-state index contributed by atoms with van der Waals surface area (Å²) in [5, 5.41) is 0. The second-order valence-electron chi connectivity index (χ2n) is 11.3. The van der Waals surface area contributed by atoms with Crippen LogP contribution in [-0.2, 0) is 17.1 Å². The monoisotopic (exact) mass is 570 g/mol. The van der Waals surface area contributed by atoms with E-state index in [0.29, 0.717) is 36.4 Å². The van der Waals surface area contributed by atoms with Crippen molar-refractivity contribution in [2.24, 2.45) is 5.41 Å². The van der Waals surface area contributed by atoms with Gasteiger partial charge in [0.2, 0.25) is 0 Å². The lowest BCUT2D eigenvalue weighted by Crippen LogP contribution is -2.35. The normalized spacial score (nSPS) is 21.6. The van der Waals surface area contributed by atoms with Crippen LogP contribution in [0.3, 0.4) is 0 Å². The fourth-order valence-electron chi connectivity index (χ4n) is 5.50. The number of nitrogens with zero attached hydrogens (tertiary/aromatic N) is 1. The number of amides is 1. The fourth-order valence-corrected chi connectivity index (χ4v) is 5.50. The van der Waals surface area contributed by atoms with Crippen LogP contribution >= 0.6 is 0 Å². The first-order valence-corrected chi connectivity index (χ1v) is 12.8. The second-order valence-corrected chi connectivity index (χ2v) is 11.3. The van der Waals surface area contributed by atoms with E-state index in [-0.39, 0.29) is 23.6 Å². The molecule has 4 rings (SSSR count). The highest BCUT2D eigenvalue weighted by Crippen LogP contribution is 2.47. The first-order chi connectivity index (χ1) is 18.4. The van der Waals surface area contributed by atoms with Gasteiger partial charge in [-0.25, -0.2) is 4.79 Å². The van der Waals surface area contributed by atoms with E-state index in [1.54, 1.807) is 14.0 Å². The lowest BCUT2D eigenvalue weighted by Gasteiger charge is -2.36. The summed E-state index contributed by atoms with van der Waals surface area (Å²) in [5.41, 5.74) is 6.89. The Morgan fingerprint density at radius 1 is 1.05 bits per heavy atom. The molecule has 2 aromatic rings. The van der Waals surface area contributed by atoms with Gasteiger partial charge < -0.3 is 15.2 Å². The van der Waals surface area contributed by atoms with E-state index in [9.17, 15) is 31.1 Å². The summed E-state index contributed by atoms with van der Waals surface area (Å²) in [6.45, 7) is 7.71. The molecule has 11 heteroatoms. The molecule has 0 aromatic heterocycles. The Hall–Kier alpha value is -3.37. The van der Waals surface area contributed by atoms with Crippen molar-refractivity contribution in [3.8, 4) is 5.75 Å². The van der Waals surface area contributed by atoms with Gasteiger partial charge >= 0.3 is 18.4 Å². The summed E-state index contributed by atoms with van der Waals surface area (Å²) in [7, 11) is 1.55. The average Bonchev–Trinajstić information content (AvgIpc) is 3.12. The fraction of sp³-hybridized carbons (Fsp3) is 0.483. The predicted octanol–water partition coefficient (Wildman–Crippen LogP) is 8.17. The molecule has 218 valence electrons. The highest BCUT2D eigenvalue weighted by atomic mass is 19.4. The topological polar surface area (TPSA) is 64.8 Å². The van der Waals surface area contributed by atoms with Gasteiger partial charge in [0.05, 0.1) is 24.3 Å². The number of rotatable bonds is 5. The van der Waals surface area contributed by atoms with Crippen LogP contribution in [-0.4, -0.2) is 30.7 Å². The lowest BCUT2D eigenvalue weighted by molar-refractivity contribution is -0.143. The molecule has 0 spiro atoms. The molecule has 40 heavy (non-hydrogen) atoms. The van der Waals surface area contributed by atoms with Gasteiger partial charge in [-0.2, -0.15) is 26.3 Å². The minimum atomic E-state index is -5.01. The predicted molar refractivity (Wildman–Crippen MR) is 139 cm³/mol. The number of ether oxygens (including phenoxy) is 2. The Kier molecular flexibility index (Phi) is 7.57. The minimum Gasteiger partial charge on any atom is -0.496 e. The first kappa shape index (κ1) is 29.6. The summed E-state index contributed by atoms with van der Waals surface area (Å²) in [5.74, 6) is 0.623. The third-order valence-corrected chi connectivity index (χ3v) is 7.78. The van der Waals surface area contributed by atoms with E-state index < -0.39 is 41.7 Å². The van der Waals surface area contributed by atoms with Gasteiger partial charge in [-0.1, -0.05) is 13.8 Å². The van der Waals surface area contributed by atoms with Crippen LogP contribution in [0, 0.1) is 12.3 Å². The molecule has 0 unspecified atom stereocenters. The van der Waals surface area contributed by atoms with E-state index >= 15 is 0 Å². The number of nitrogen functional groups attached to an aromatic ring is 1. The van der Waals surface area contributed by atoms with Gasteiger partial charge in [0.15, 0.2) is 0 Å². The van der Waals surface area contributed by atoms with Crippen molar-refractivity contribution >= 4 is 17.4 Å². The Balaban J connectivity index is 1.74. The van der Waals surface area contributed by atoms with E-state index in [1.165, 1.54) is 4.90 Å². The number of halogens is 6. The highest BCUT2D eigenvalue weighted by Gasteiger charge is 2.44. The lowest BCUT2D eigenvalue weighted by atomic mass is 9.72. The standard InChI is InChI=1S/C29H32F6N2O3/c1-15-8-24(39-5)22(12-23(15)36)21-6-7-27(3,4)13-18(21)14-37-16(2)25(40-26(37)38)17-9-19(28(30,31)32)11-20(10-17)29(33,34)35/h8-12,16,25H,6-7,13-14,36H2,1-5H3/t16-,25-/m0/s1. The van der Waals surface area contributed by atoms with E-state index in [2.05, 4.69) is 13.8 Å². The molecule has 2 aliphatic rings. The zero-order valence-electron chi connectivity index (χ0n) is 22.9. The summed E-state index contributed by atoms with van der Waals surface area (Å²) < 4.78 is 91.8. The van der Waals surface area contributed by atoms with Crippen molar-refractivity contribution in [1.82, 2.24) is 4.90 Å². The SMILES string of the molecule is COc1cc(C)c(N)cc1C1=C(CN2C(=O)O[C@H](c3cc(C(F)(F)F)cc(C(F)(F)F)c3)[C@@H]2C)CC(C)(C)CC1. The van der Waals surface area contributed by atoms with Crippen molar-refractivity contribution in [1.29, 1.82) is 0 Å². The Morgan fingerprint density at radius 3 is 2.20 bits per heavy atom. The number of allylic oxidation sites excluding steroid dienone is 1. The molecule has 0 saturated carbocycles. The summed E-state index contributed by atoms with van der Waals surface area (Å²) in [4.78, 5) is 14.4. The second kappa shape index (κ2) is 10.2. The van der Waals surface area contributed by atoms with E-state index in [1.807, 2.05) is 19.1 Å². The number of alkyl halides is 6. The number of hydrogen-bond acceptors (Lipinski definition) is 4. The molecule has 2 atom stereocenters. The Morgan fingerprint density at radius 2 is 1.65 bits per heavy atom. The van der Waals surface area contributed by atoms with E-state index in [0.717, 1.165) is 28.7 Å². The van der Waals surface area contributed by atoms with Crippen molar-refractivity contribution in [2.45, 2.75) is 71.5 Å². The van der Waals surface area contributed by atoms with Crippen LogP contribution in [0.2, 0.25) is 0 Å². The molecular weight excluding hydrogens is 538 g/mol. The average molecular weight is 571 g/mol. The summed E-state index contributed by atoms with van der Waals surface area (Å²) in [6.07, 6.45) is -10.0. The van der Waals surface area contributed by atoms with Gasteiger partial charge in [-0.05, 0) is 91.1 Å². The van der Waals surface area contributed by atoms with Gasteiger partial charge in [-0.15, -0.1) is 0 Å². The quantitative estimate of drug-likeness (QED) is 0.291. The number of methoxy groups -OCH3 is 1. The molecule has 0 bridgehead atoms. The maximum absolute atomic E-state index is 13.5. The first-order valence-electron chi connectivity index (χ1n) is 12.8. The number of cyclic esters (lactones) is 1. The van der Waals surface area contributed by atoms with Gasteiger partial charge in [-0.3, -0.25) is 4.90 Å². The van der Waals surface area contributed by atoms with Crippen LogP contribution in [0.25, 0.3) is 5.57 Å². The molecule has 2 N–H and O–H groups in total. The largest absolute Gasteiger partial charge is 0.496 e. The molecule has 1 aliphatic heterocycles. The molecule has 1 aliphatic carbocycles. The number of benzene rings is 2. The number of aryl methyl sites for hydroxylation is 1. The molecule has 1 amide bonds. The number of nitrogens with two attached hydrogens (primary N) is 1. The zero-order valence-corrected chi connectivity index (χ0v) is 22.9. The molecule has 1 fully saturated rings. The van der Waals surface area contributed by atoms with Crippen LogP contribution in [0.4, 0.5) is 36.8 Å². The minimum absolute atomic E-state index is 0.0601. The number of hydrogen-bond donors (Lipinski definition) is 1. The van der Waals surface area contributed by atoms with Crippen molar-refractivity contribution < 1.29 is 40.6 Å². The summed E-state index contributed by atoms with van der Waals surface area (Å²) in [6, 6.07) is 4.12. The van der Waals surface area contributed by atoms with E-state index in [4.69, 9.17) is 15.2 Å². The van der Waals surface area contributed by atoms with Gasteiger partial charge in [0, 0.05) is 17.8 Å². The molecule has 2 aromatic carbocycles. The molecule has 5 nitrogen and oxygen atoms in total. The van der Waals surface area contributed by atoms with Crippen LogP contribution in [0.1, 0.15) is 74.0 Å². The van der Waals surface area contributed by atoms with Crippen molar-refractivity contribution in [3.05, 3.63) is 63.7 Å². The van der Waals surface area contributed by atoms with Crippen LogP contribution < -0.4 is 10.5 Å². The smallest absolute Gasteiger partial charge is 0.416 e. The van der Waals surface area contributed by atoms with Gasteiger partial charge in [0.1, 0.15) is 11.9 Å². The molecular formula is C29H32F6N2O3. The number of carbonyl (C=O) groups excluding carboxylic acids is 1. The number of anilines is 1. The molecule has 1 saturated heterocycles. The Labute approximate surface area is 228 Å². The third-order valence-electron chi connectivity index (χ3n) is 7.78. The van der Waals surface area contributed by atoms with Crippen molar-refractivity contribution in [3.63, 3.8) is 0 Å². The van der Waals surface area contributed by atoms with Crippen LogP contribution in [0.15, 0.2) is 35.9 Å². The molecule has 1 heterocycles. The highest BCUT2D eigenvalue weighted by molar-refractivity contribution is 5.79.